The maximum Gasteiger partial charge on any atom is 0.240 e. The van der Waals surface area contributed by atoms with Crippen molar-refractivity contribution >= 4 is 15.7 Å². The van der Waals surface area contributed by atoms with E-state index in [4.69, 9.17) is 5.11 Å². The van der Waals surface area contributed by atoms with Crippen LogP contribution in [0.15, 0.2) is 0 Å². The van der Waals surface area contributed by atoms with Gasteiger partial charge in [-0.2, -0.15) is 0 Å². The number of nitrogens with zero attached hydrogens (tertiary/aromatic N) is 1. The number of hydrogen-bond acceptors (Lipinski definition) is 4. The standard InChI is InChI=1S/C11H23NO4S/c1-5-10(6-2)12(7-8-13)11(14)9(3)17(4,15)16/h9-10,13H,5-8H2,1-4H3. The first kappa shape index (κ1) is 16.4. The summed E-state index contributed by atoms with van der Waals surface area (Å²) in [6, 6.07) is -0.0150. The van der Waals surface area contributed by atoms with Gasteiger partial charge in [0.05, 0.1) is 6.61 Å². The molecule has 0 heterocycles. The van der Waals surface area contributed by atoms with Crippen LogP contribution < -0.4 is 0 Å². The molecule has 0 aliphatic rings. The van der Waals surface area contributed by atoms with Gasteiger partial charge in [-0.05, 0) is 19.8 Å². The second-order valence-electron chi connectivity index (χ2n) is 4.20. The highest BCUT2D eigenvalue weighted by Gasteiger charge is 2.30. The Bertz CT molecular complexity index is 335. The van der Waals surface area contributed by atoms with Gasteiger partial charge in [0.2, 0.25) is 5.91 Å². The molecule has 1 unspecified atom stereocenters. The van der Waals surface area contributed by atoms with E-state index in [-0.39, 0.29) is 19.2 Å². The van der Waals surface area contributed by atoms with Gasteiger partial charge in [-0.15, -0.1) is 0 Å². The molecule has 0 aliphatic heterocycles. The highest BCUT2D eigenvalue weighted by molar-refractivity contribution is 7.92. The van der Waals surface area contributed by atoms with Crippen LogP contribution in [0.2, 0.25) is 0 Å². The first-order chi connectivity index (χ1) is 7.79. The Balaban J connectivity index is 5.00. The molecule has 0 saturated heterocycles. The lowest BCUT2D eigenvalue weighted by atomic mass is 10.1. The Hall–Kier alpha value is -0.620. The van der Waals surface area contributed by atoms with E-state index < -0.39 is 21.0 Å². The van der Waals surface area contributed by atoms with Gasteiger partial charge in [0.25, 0.3) is 0 Å². The summed E-state index contributed by atoms with van der Waals surface area (Å²) in [5, 5.41) is 7.92. The van der Waals surface area contributed by atoms with E-state index in [1.807, 2.05) is 13.8 Å². The van der Waals surface area contributed by atoms with Crippen LogP contribution in [0.1, 0.15) is 33.6 Å². The van der Waals surface area contributed by atoms with E-state index in [1.54, 1.807) is 0 Å². The fourth-order valence-corrected chi connectivity index (χ4v) is 2.23. The molecule has 0 bridgehead atoms. The number of carbonyl (C=O) groups is 1. The maximum atomic E-state index is 12.1. The minimum Gasteiger partial charge on any atom is -0.395 e. The SMILES string of the molecule is CCC(CC)N(CCO)C(=O)C(C)S(C)(=O)=O. The summed E-state index contributed by atoms with van der Waals surface area (Å²) < 4.78 is 22.7. The van der Waals surface area contributed by atoms with Crippen LogP contribution in [0.25, 0.3) is 0 Å². The molecule has 0 saturated carbocycles. The predicted molar refractivity (Wildman–Crippen MR) is 67.5 cm³/mol. The molecule has 0 aromatic rings. The molecule has 1 amide bonds. The van der Waals surface area contributed by atoms with Crippen LogP contribution in [0.3, 0.4) is 0 Å². The van der Waals surface area contributed by atoms with Crippen molar-refractivity contribution in [3.05, 3.63) is 0 Å². The molecule has 1 atom stereocenters. The van der Waals surface area contributed by atoms with Crippen molar-refractivity contribution in [2.24, 2.45) is 0 Å². The van der Waals surface area contributed by atoms with Gasteiger partial charge in [0.15, 0.2) is 9.84 Å². The molecular weight excluding hydrogens is 242 g/mol. The number of carbonyl (C=O) groups excluding carboxylic acids is 1. The third kappa shape index (κ3) is 4.63. The number of sulfone groups is 1. The summed E-state index contributed by atoms with van der Waals surface area (Å²) in [5.74, 6) is -0.421. The number of hydrogen-bond donors (Lipinski definition) is 1. The Kier molecular flexibility index (Phi) is 6.70. The lowest BCUT2D eigenvalue weighted by Crippen LogP contribution is -2.47. The third-order valence-electron chi connectivity index (χ3n) is 3.00. The van der Waals surface area contributed by atoms with Crippen molar-refractivity contribution in [1.29, 1.82) is 0 Å². The third-order valence-corrected chi connectivity index (χ3v) is 4.48. The van der Waals surface area contributed by atoms with Gasteiger partial charge in [-0.1, -0.05) is 13.8 Å². The van der Waals surface area contributed by atoms with Gasteiger partial charge in [0, 0.05) is 18.8 Å². The van der Waals surface area contributed by atoms with Crippen molar-refractivity contribution in [3.63, 3.8) is 0 Å². The average molecular weight is 265 g/mol. The van der Waals surface area contributed by atoms with Crippen LogP contribution in [-0.4, -0.2) is 55.0 Å². The Labute approximate surface area is 104 Å². The molecular formula is C11H23NO4S. The Morgan fingerprint density at radius 1 is 1.29 bits per heavy atom. The molecule has 0 aromatic heterocycles. The number of rotatable bonds is 7. The van der Waals surface area contributed by atoms with Gasteiger partial charge in [-0.3, -0.25) is 4.79 Å². The number of amides is 1. The molecule has 0 rings (SSSR count). The molecule has 0 spiro atoms. The van der Waals surface area contributed by atoms with Crippen molar-refractivity contribution in [2.45, 2.75) is 44.9 Å². The molecule has 1 N–H and O–H groups in total. The fourth-order valence-electron chi connectivity index (χ4n) is 1.73. The van der Waals surface area contributed by atoms with Crippen molar-refractivity contribution < 1.29 is 18.3 Å². The first-order valence-electron chi connectivity index (χ1n) is 5.89. The lowest BCUT2D eigenvalue weighted by Gasteiger charge is -2.31. The molecule has 5 nitrogen and oxygen atoms in total. The number of aliphatic hydroxyl groups excluding tert-OH is 1. The minimum absolute atomic E-state index is 0.0150. The monoisotopic (exact) mass is 265 g/mol. The lowest BCUT2D eigenvalue weighted by molar-refractivity contribution is -0.133. The van der Waals surface area contributed by atoms with Crippen molar-refractivity contribution in [3.8, 4) is 0 Å². The summed E-state index contributed by atoms with van der Waals surface area (Å²) in [7, 11) is -3.39. The maximum absolute atomic E-state index is 12.1. The zero-order chi connectivity index (χ0) is 13.6. The first-order valence-corrected chi connectivity index (χ1v) is 7.85. The summed E-state index contributed by atoms with van der Waals surface area (Å²) >= 11 is 0. The zero-order valence-corrected chi connectivity index (χ0v) is 11.8. The van der Waals surface area contributed by atoms with E-state index in [1.165, 1.54) is 11.8 Å². The van der Waals surface area contributed by atoms with E-state index in [0.717, 1.165) is 19.1 Å². The molecule has 17 heavy (non-hydrogen) atoms. The second kappa shape index (κ2) is 6.96. The van der Waals surface area contributed by atoms with E-state index in [0.29, 0.717) is 0 Å². The normalized spacial score (nSPS) is 13.8. The highest BCUT2D eigenvalue weighted by Crippen LogP contribution is 2.13. The van der Waals surface area contributed by atoms with E-state index in [9.17, 15) is 13.2 Å². The Morgan fingerprint density at radius 2 is 1.76 bits per heavy atom. The summed E-state index contributed by atoms with van der Waals surface area (Å²) in [6.07, 6.45) is 2.55. The molecule has 102 valence electrons. The van der Waals surface area contributed by atoms with Gasteiger partial charge < -0.3 is 10.0 Å². The minimum atomic E-state index is -3.39. The topological polar surface area (TPSA) is 74.7 Å². The number of aliphatic hydroxyl groups is 1. The van der Waals surface area contributed by atoms with E-state index >= 15 is 0 Å². The summed E-state index contributed by atoms with van der Waals surface area (Å²) in [6.45, 7) is 5.31. The van der Waals surface area contributed by atoms with Gasteiger partial charge >= 0.3 is 0 Å². The summed E-state index contributed by atoms with van der Waals surface area (Å²) in [4.78, 5) is 13.6. The molecule has 0 radical (unpaired) electrons. The average Bonchev–Trinajstić information content (AvgIpc) is 2.26. The quantitative estimate of drug-likeness (QED) is 0.724. The largest absolute Gasteiger partial charge is 0.395 e. The van der Waals surface area contributed by atoms with Gasteiger partial charge in [0.1, 0.15) is 5.25 Å². The smallest absolute Gasteiger partial charge is 0.240 e. The molecule has 0 fully saturated rings. The van der Waals surface area contributed by atoms with Crippen LogP contribution in [0, 0.1) is 0 Å². The van der Waals surface area contributed by atoms with Crippen LogP contribution in [0.4, 0.5) is 0 Å². The van der Waals surface area contributed by atoms with Crippen LogP contribution in [0.5, 0.6) is 0 Å². The predicted octanol–water partition coefficient (Wildman–Crippen LogP) is 0.429. The van der Waals surface area contributed by atoms with Gasteiger partial charge in [-0.25, -0.2) is 8.42 Å². The molecule has 6 heteroatoms. The van der Waals surface area contributed by atoms with Crippen molar-refractivity contribution in [2.75, 3.05) is 19.4 Å². The molecule has 0 aromatic carbocycles. The summed E-state index contributed by atoms with van der Waals surface area (Å²) in [5.41, 5.74) is 0. The van der Waals surface area contributed by atoms with Crippen LogP contribution in [-0.2, 0) is 14.6 Å². The zero-order valence-electron chi connectivity index (χ0n) is 11.0. The second-order valence-corrected chi connectivity index (χ2v) is 6.56. The highest BCUT2D eigenvalue weighted by atomic mass is 32.2. The van der Waals surface area contributed by atoms with Crippen LogP contribution >= 0.6 is 0 Å². The Morgan fingerprint density at radius 3 is 2.06 bits per heavy atom. The van der Waals surface area contributed by atoms with E-state index in [2.05, 4.69) is 0 Å². The molecule has 0 aliphatic carbocycles. The van der Waals surface area contributed by atoms with Crippen molar-refractivity contribution in [1.82, 2.24) is 4.90 Å². The fraction of sp³-hybridized carbons (Fsp3) is 0.909.